The summed E-state index contributed by atoms with van der Waals surface area (Å²) in [7, 11) is -16.8. The van der Waals surface area contributed by atoms with E-state index in [9.17, 15) is 32.9 Å². The number of aromatic amines is 1. The van der Waals surface area contributed by atoms with Gasteiger partial charge in [0.2, 0.25) is 6.41 Å². The van der Waals surface area contributed by atoms with Crippen LogP contribution in [-0.4, -0.2) is 53.1 Å². The van der Waals surface area contributed by atoms with Crippen molar-refractivity contribution in [2.45, 2.75) is 25.6 Å². The van der Waals surface area contributed by atoms with Gasteiger partial charge in [-0.2, -0.15) is 8.62 Å². The van der Waals surface area contributed by atoms with Crippen molar-refractivity contribution in [3.05, 3.63) is 27.4 Å². The molecule has 0 aromatic carbocycles. The molecule has 0 saturated heterocycles. The van der Waals surface area contributed by atoms with E-state index in [1.165, 1.54) is 0 Å². The summed E-state index contributed by atoms with van der Waals surface area (Å²) >= 11 is 4.76. The SMILES string of the molecule is C[C@@H](F)[C@@H](COP(=O)(O)OP(=O)(O)OP(=O)(O)O)O[C@H](O)n1ccc(=O)[nH]c1=S. The normalized spacial score (nSPS) is 19.7. The lowest BCUT2D eigenvalue weighted by atomic mass is 10.3. The highest BCUT2D eigenvalue weighted by molar-refractivity contribution is 7.71. The first kappa shape index (κ1) is 26.4. The Balaban J connectivity index is 2.82. The van der Waals surface area contributed by atoms with Crippen LogP contribution in [0.1, 0.15) is 13.3 Å². The molecule has 0 spiro atoms. The Hall–Kier alpha value is -0.640. The monoisotopic (exact) mass is 504 g/mol. The fourth-order valence-electron chi connectivity index (χ4n) is 1.57. The van der Waals surface area contributed by atoms with E-state index in [4.69, 9.17) is 31.6 Å². The molecule has 15 nitrogen and oxygen atoms in total. The molecule has 0 fully saturated rings. The summed E-state index contributed by atoms with van der Waals surface area (Å²) < 4.78 is 63.7. The third kappa shape index (κ3) is 9.81. The van der Waals surface area contributed by atoms with E-state index < -0.39 is 54.3 Å². The maximum Gasteiger partial charge on any atom is 0.490 e. The molecule has 0 aliphatic carbocycles. The van der Waals surface area contributed by atoms with Crippen molar-refractivity contribution in [2.75, 3.05) is 6.61 Å². The molecule has 168 valence electrons. The van der Waals surface area contributed by atoms with Gasteiger partial charge in [0, 0.05) is 12.3 Å². The van der Waals surface area contributed by atoms with E-state index in [1.807, 2.05) is 0 Å². The Bertz CT molecular complexity index is 959. The number of nitrogens with one attached hydrogen (secondary N) is 1. The summed E-state index contributed by atoms with van der Waals surface area (Å²) in [4.78, 5) is 48.5. The lowest BCUT2D eigenvalue weighted by molar-refractivity contribution is -0.204. The number of hydrogen-bond acceptors (Lipinski definition) is 10. The minimum Gasteiger partial charge on any atom is -0.351 e. The predicted molar refractivity (Wildman–Crippen MR) is 92.4 cm³/mol. The third-order valence-electron chi connectivity index (χ3n) is 2.72. The number of ether oxygens (including phenoxy) is 1. The molecule has 1 aromatic rings. The van der Waals surface area contributed by atoms with Crippen LogP contribution in [0.4, 0.5) is 4.39 Å². The molecule has 0 aliphatic heterocycles. The molecule has 0 radical (unpaired) electrons. The number of phosphoric acid groups is 3. The van der Waals surface area contributed by atoms with Crippen molar-refractivity contribution in [3.63, 3.8) is 0 Å². The van der Waals surface area contributed by atoms with Gasteiger partial charge in [0.15, 0.2) is 4.77 Å². The van der Waals surface area contributed by atoms with E-state index in [-0.39, 0.29) is 4.77 Å². The van der Waals surface area contributed by atoms with Gasteiger partial charge < -0.3 is 29.4 Å². The molecule has 1 heterocycles. The lowest BCUT2D eigenvalue weighted by Gasteiger charge is -2.24. The van der Waals surface area contributed by atoms with Crippen LogP contribution in [0, 0.1) is 4.77 Å². The largest absolute Gasteiger partial charge is 0.490 e. The lowest BCUT2D eigenvalue weighted by Crippen LogP contribution is -2.32. The van der Waals surface area contributed by atoms with Crippen molar-refractivity contribution < 1.29 is 60.6 Å². The molecule has 6 N–H and O–H groups in total. The van der Waals surface area contributed by atoms with E-state index >= 15 is 0 Å². The first-order chi connectivity index (χ1) is 13.0. The van der Waals surface area contributed by atoms with Crippen molar-refractivity contribution >= 4 is 35.7 Å². The molecule has 0 bridgehead atoms. The number of aromatic nitrogens is 2. The zero-order chi connectivity index (χ0) is 22.6. The highest BCUT2D eigenvalue weighted by atomic mass is 32.1. The van der Waals surface area contributed by atoms with E-state index in [0.717, 1.165) is 23.8 Å². The van der Waals surface area contributed by atoms with E-state index in [0.29, 0.717) is 0 Å². The number of aliphatic hydroxyl groups is 1. The van der Waals surface area contributed by atoms with Crippen LogP contribution in [-0.2, 0) is 31.6 Å². The summed E-state index contributed by atoms with van der Waals surface area (Å²) in [6.07, 6.45) is -4.70. The number of alkyl halides is 1. The zero-order valence-corrected chi connectivity index (χ0v) is 17.7. The maximum absolute atomic E-state index is 13.7. The second kappa shape index (κ2) is 10.1. The van der Waals surface area contributed by atoms with Gasteiger partial charge in [0.1, 0.15) is 12.3 Å². The van der Waals surface area contributed by atoms with Crippen LogP contribution >= 0.6 is 35.7 Å². The van der Waals surface area contributed by atoms with Gasteiger partial charge >= 0.3 is 23.5 Å². The van der Waals surface area contributed by atoms with Crippen LogP contribution in [0.2, 0.25) is 0 Å². The van der Waals surface area contributed by atoms with Gasteiger partial charge in [0.05, 0.1) is 6.61 Å². The summed E-state index contributed by atoms with van der Waals surface area (Å²) in [5.41, 5.74) is -0.596. The van der Waals surface area contributed by atoms with Crippen LogP contribution in [0.15, 0.2) is 17.1 Å². The van der Waals surface area contributed by atoms with E-state index in [1.54, 1.807) is 0 Å². The second-order valence-corrected chi connectivity index (χ2v) is 9.89. The Morgan fingerprint density at radius 1 is 1.21 bits per heavy atom. The van der Waals surface area contributed by atoms with Gasteiger partial charge in [-0.3, -0.25) is 18.9 Å². The molecule has 29 heavy (non-hydrogen) atoms. The van der Waals surface area contributed by atoms with Gasteiger partial charge in [-0.15, -0.1) is 0 Å². The van der Waals surface area contributed by atoms with Crippen molar-refractivity contribution in [1.82, 2.24) is 9.55 Å². The maximum atomic E-state index is 13.7. The number of aliphatic hydroxyl groups excluding tert-OH is 1. The van der Waals surface area contributed by atoms with Gasteiger partial charge in [-0.05, 0) is 19.1 Å². The number of nitrogens with zero attached hydrogens (tertiary/aromatic N) is 1. The van der Waals surface area contributed by atoms with Crippen LogP contribution in [0.25, 0.3) is 0 Å². The number of H-pyrrole nitrogens is 1. The molecule has 20 heteroatoms. The first-order valence-corrected chi connectivity index (χ1v) is 12.0. The Morgan fingerprint density at radius 3 is 2.28 bits per heavy atom. The fourth-order valence-corrected chi connectivity index (χ4v) is 4.86. The number of halogens is 1. The standard InChI is InChI=1S/C9H16FN2O13P3S/c1-5(10)6(23-9(14)12-3-2-7(13)11-8(12)29)4-22-27(18,19)25-28(20,21)24-26(15,16)17/h2-3,5-6,9,14H,4H2,1H3,(H,18,19)(H,20,21)(H,11,13,29)(H2,15,16,17)/t5-,6-,9+/m1/s1. The first-order valence-electron chi connectivity index (χ1n) is 7.09. The zero-order valence-electron chi connectivity index (χ0n) is 14.2. The summed E-state index contributed by atoms with van der Waals surface area (Å²) in [5, 5.41) is 9.93. The van der Waals surface area contributed by atoms with Crippen molar-refractivity contribution in [1.29, 1.82) is 0 Å². The van der Waals surface area contributed by atoms with Crippen molar-refractivity contribution in [2.24, 2.45) is 0 Å². The highest BCUT2D eigenvalue weighted by Crippen LogP contribution is 2.66. The van der Waals surface area contributed by atoms with Gasteiger partial charge in [-0.25, -0.2) is 18.1 Å². The van der Waals surface area contributed by atoms with Crippen LogP contribution in [0.5, 0.6) is 0 Å². The quantitative estimate of drug-likeness (QED) is 0.137. The summed E-state index contributed by atoms with van der Waals surface area (Å²) in [5.74, 6) is 0. The summed E-state index contributed by atoms with van der Waals surface area (Å²) in [6.45, 7) is -0.237. The molecular formula is C9H16FN2O13P3S. The average Bonchev–Trinajstić information content (AvgIpc) is 2.47. The molecule has 0 aliphatic rings. The minimum atomic E-state index is -5.74. The van der Waals surface area contributed by atoms with Gasteiger partial charge in [0.25, 0.3) is 5.56 Å². The van der Waals surface area contributed by atoms with Crippen molar-refractivity contribution in [3.8, 4) is 0 Å². The summed E-state index contributed by atoms with van der Waals surface area (Å²) in [6, 6.07) is 0.961. The molecule has 0 amide bonds. The predicted octanol–water partition coefficient (Wildman–Crippen LogP) is 0.441. The minimum absolute atomic E-state index is 0.303. The second-order valence-electron chi connectivity index (χ2n) is 5.08. The number of hydrogen-bond donors (Lipinski definition) is 6. The Morgan fingerprint density at radius 2 is 1.79 bits per heavy atom. The molecule has 0 saturated carbocycles. The topological polar surface area (TPSA) is 227 Å². The molecule has 2 unspecified atom stereocenters. The van der Waals surface area contributed by atoms with Crippen LogP contribution in [0.3, 0.4) is 0 Å². The third-order valence-corrected chi connectivity index (χ3v) is 6.83. The number of phosphoric ester groups is 1. The molecule has 5 atom stereocenters. The van der Waals surface area contributed by atoms with Crippen LogP contribution < -0.4 is 5.56 Å². The Kier molecular flexibility index (Phi) is 9.20. The van der Waals surface area contributed by atoms with E-state index in [2.05, 4.69) is 18.1 Å². The smallest absolute Gasteiger partial charge is 0.351 e. The average molecular weight is 504 g/mol. The van der Waals surface area contributed by atoms with Gasteiger partial charge in [-0.1, -0.05) is 0 Å². The molecular weight excluding hydrogens is 488 g/mol. The number of rotatable bonds is 11. The molecule has 1 rings (SSSR count). The molecule has 1 aromatic heterocycles. The Labute approximate surface area is 166 Å². The fraction of sp³-hybridized carbons (Fsp3) is 0.556. The highest BCUT2D eigenvalue weighted by Gasteiger charge is 2.41.